The fourth-order valence-electron chi connectivity index (χ4n) is 1.79. The predicted molar refractivity (Wildman–Crippen MR) is 104 cm³/mol. The van der Waals surface area contributed by atoms with Crippen molar-refractivity contribution < 1.29 is 19.1 Å². The average molecular weight is 430 g/mol. The quantitative estimate of drug-likeness (QED) is 0.710. The zero-order valence-corrected chi connectivity index (χ0v) is 18.1. The molecule has 0 saturated heterocycles. The van der Waals surface area contributed by atoms with E-state index >= 15 is 0 Å². The lowest BCUT2D eigenvalue weighted by atomic mass is 10.2. The van der Waals surface area contributed by atoms with Gasteiger partial charge in [-0.3, -0.25) is 0 Å². The second kappa shape index (κ2) is 8.70. The maximum atomic E-state index is 12.2. The Kier molecular flexibility index (Phi) is 7.44. The van der Waals surface area contributed by atoms with Crippen molar-refractivity contribution in [3.8, 4) is 0 Å². The molecule has 0 fully saturated rings. The molecule has 0 bridgehead atoms. The Morgan fingerprint density at radius 1 is 1.12 bits per heavy atom. The SMILES string of the molecule is CN(CCNc1ccc(Br)c(C(=O)OC(C)(C)C)n1)C(=O)OC(C)(C)C. The predicted octanol–water partition coefficient (Wildman–Crippen LogP) is 4.08. The topological polar surface area (TPSA) is 80.8 Å². The van der Waals surface area contributed by atoms with Crippen LogP contribution < -0.4 is 5.32 Å². The molecule has 0 unspecified atom stereocenters. The van der Waals surface area contributed by atoms with E-state index < -0.39 is 23.3 Å². The molecule has 146 valence electrons. The number of esters is 1. The summed E-state index contributed by atoms with van der Waals surface area (Å²) in [5.74, 6) is 0.0190. The Morgan fingerprint density at radius 2 is 1.69 bits per heavy atom. The van der Waals surface area contributed by atoms with Gasteiger partial charge in [0.15, 0.2) is 5.69 Å². The maximum Gasteiger partial charge on any atom is 0.410 e. The third kappa shape index (κ3) is 8.03. The van der Waals surface area contributed by atoms with Crippen molar-refractivity contribution in [1.29, 1.82) is 0 Å². The first-order valence-electron chi connectivity index (χ1n) is 8.36. The van der Waals surface area contributed by atoms with Crippen LogP contribution in [0.3, 0.4) is 0 Å². The number of carbonyl (C=O) groups excluding carboxylic acids is 2. The highest BCUT2D eigenvalue weighted by atomic mass is 79.9. The molecule has 1 amide bonds. The zero-order chi connectivity index (χ0) is 20.1. The van der Waals surface area contributed by atoms with Crippen LogP contribution in [0.1, 0.15) is 52.0 Å². The monoisotopic (exact) mass is 429 g/mol. The number of rotatable bonds is 5. The first-order chi connectivity index (χ1) is 11.8. The van der Waals surface area contributed by atoms with Crippen LogP contribution in [0, 0.1) is 0 Å². The minimum atomic E-state index is -0.599. The third-order valence-electron chi connectivity index (χ3n) is 2.90. The summed E-state index contributed by atoms with van der Waals surface area (Å²) in [6.45, 7) is 11.7. The second-order valence-corrected chi connectivity index (χ2v) is 8.71. The van der Waals surface area contributed by atoms with Gasteiger partial charge >= 0.3 is 12.1 Å². The van der Waals surface area contributed by atoms with Crippen LogP contribution in [0.5, 0.6) is 0 Å². The fourth-order valence-corrected chi connectivity index (χ4v) is 2.18. The Labute approximate surface area is 163 Å². The minimum Gasteiger partial charge on any atom is -0.455 e. The molecule has 1 N–H and O–H groups in total. The molecule has 0 aliphatic heterocycles. The lowest BCUT2D eigenvalue weighted by molar-refractivity contribution is 0.00614. The molecule has 0 atom stereocenters. The molecule has 0 spiro atoms. The van der Waals surface area contributed by atoms with Crippen molar-refractivity contribution in [2.75, 3.05) is 25.5 Å². The van der Waals surface area contributed by atoms with Crippen LogP contribution in [0.2, 0.25) is 0 Å². The highest BCUT2D eigenvalue weighted by Gasteiger charge is 2.22. The van der Waals surface area contributed by atoms with Crippen LogP contribution in [0.25, 0.3) is 0 Å². The number of ether oxygens (including phenoxy) is 2. The summed E-state index contributed by atoms with van der Waals surface area (Å²) in [6, 6.07) is 3.47. The number of anilines is 1. The summed E-state index contributed by atoms with van der Waals surface area (Å²) in [6.07, 6.45) is -0.391. The van der Waals surface area contributed by atoms with Gasteiger partial charge in [-0.05, 0) is 69.6 Å². The number of nitrogens with zero attached hydrogens (tertiary/aromatic N) is 2. The van der Waals surface area contributed by atoms with E-state index in [0.29, 0.717) is 23.4 Å². The van der Waals surface area contributed by atoms with Crippen molar-refractivity contribution in [2.45, 2.75) is 52.7 Å². The first kappa shape index (κ1) is 22.2. The van der Waals surface area contributed by atoms with E-state index in [1.54, 1.807) is 40.0 Å². The summed E-state index contributed by atoms with van der Waals surface area (Å²) < 4.78 is 11.2. The van der Waals surface area contributed by atoms with Crippen LogP contribution in [0.4, 0.5) is 10.6 Å². The number of aromatic nitrogens is 1. The Hall–Kier alpha value is -1.83. The zero-order valence-electron chi connectivity index (χ0n) is 16.5. The summed E-state index contributed by atoms with van der Waals surface area (Å²) in [5.41, 5.74) is -0.933. The van der Waals surface area contributed by atoms with E-state index in [-0.39, 0.29) is 5.69 Å². The molecule has 1 aromatic rings. The van der Waals surface area contributed by atoms with Crippen LogP contribution in [-0.2, 0) is 9.47 Å². The molecule has 0 radical (unpaired) electrons. The summed E-state index contributed by atoms with van der Waals surface area (Å²) in [4.78, 5) is 29.9. The van der Waals surface area contributed by atoms with Gasteiger partial charge in [0.2, 0.25) is 0 Å². The molecule has 0 aliphatic rings. The Morgan fingerprint density at radius 3 is 2.23 bits per heavy atom. The standard InChI is InChI=1S/C18H28BrN3O4/c1-17(2,3)25-15(23)14-12(19)8-9-13(21-14)20-10-11-22(7)16(24)26-18(4,5)6/h8-9H,10-11H2,1-7H3,(H,20,21). The van der Waals surface area contributed by atoms with Crippen molar-refractivity contribution in [1.82, 2.24) is 9.88 Å². The van der Waals surface area contributed by atoms with Gasteiger partial charge in [0.25, 0.3) is 0 Å². The van der Waals surface area contributed by atoms with Gasteiger partial charge in [-0.1, -0.05) is 0 Å². The molecule has 0 saturated carbocycles. The minimum absolute atomic E-state index is 0.199. The molecule has 26 heavy (non-hydrogen) atoms. The molecule has 0 aliphatic carbocycles. The fraction of sp³-hybridized carbons (Fsp3) is 0.611. The molecule has 8 heteroatoms. The second-order valence-electron chi connectivity index (χ2n) is 7.86. The van der Waals surface area contributed by atoms with Crippen molar-refractivity contribution in [3.05, 3.63) is 22.3 Å². The van der Waals surface area contributed by atoms with Gasteiger partial charge in [-0.2, -0.15) is 0 Å². The average Bonchev–Trinajstić information content (AvgIpc) is 2.45. The van der Waals surface area contributed by atoms with Crippen molar-refractivity contribution >= 4 is 33.8 Å². The highest BCUT2D eigenvalue weighted by Crippen LogP contribution is 2.20. The summed E-state index contributed by atoms with van der Waals surface area (Å²) in [5, 5.41) is 3.09. The van der Waals surface area contributed by atoms with E-state index in [0.717, 1.165) is 0 Å². The molecular formula is C18H28BrN3O4. The van der Waals surface area contributed by atoms with E-state index in [1.807, 2.05) is 20.8 Å². The summed E-state index contributed by atoms with van der Waals surface area (Å²) >= 11 is 3.32. The lowest BCUT2D eigenvalue weighted by Crippen LogP contribution is -2.36. The van der Waals surface area contributed by atoms with Crippen LogP contribution >= 0.6 is 15.9 Å². The van der Waals surface area contributed by atoms with Gasteiger partial charge in [0.05, 0.1) is 4.47 Å². The van der Waals surface area contributed by atoms with Gasteiger partial charge in [0, 0.05) is 20.1 Å². The molecule has 7 nitrogen and oxygen atoms in total. The number of nitrogens with one attached hydrogen (secondary N) is 1. The van der Waals surface area contributed by atoms with Gasteiger partial charge in [-0.15, -0.1) is 0 Å². The number of hydrogen-bond acceptors (Lipinski definition) is 6. The smallest absolute Gasteiger partial charge is 0.410 e. The van der Waals surface area contributed by atoms with E-state index in [1.165, 1.54) is 4.90 Å². The molecule has 1 aromatic heterocycles. The lowest BCUT2D eigenvalue weighted by Gasteiger charge is -2.24. The van der Waals surface area contributed by atoms with E-state index in [9.17, 15) is 9.59 Å². The summed E-state index contributed by atoms with van der Waals surface area (Å²) in [7, 11) is 1.66. The van der Waals surface area contributed by atoms with Gasteiger partial charge in [-0.25, -0.2) is 14.6 Å². The van der Waals surface area contributed by atoms with Gasteiger partial charge < -0.3 is 19.7 Å². The largest absolute Gasteiger partial charge is 0.455 e. The first-order valence-corrected chi connectivity index (χ1v) is 9.16. The van der Waals surface area contributed by atoms with E-state index in [4.69, 9.17) is 9.47 Å². The number of hydrogen-bond donors (Lipinski definition) is 1. The number of amides is 1. The molecule has 1 rings (SSSR count). The highest BCUT2D eigenvalue weighted by molar-refractivity contribution is 9.10. The maximum absolute atomic E-state index is 12.2. The molecular weight excluding hydrogens is 402 g/mol. The van der Waals surface area contributed by atoms with Crippen LogP contribution in [0.15, 0.2) is 16.6 Å². The molecule has 1 heterocycles. The van der Waals surface area contributed by atoms with Crippen molar-refractivity contribution in [2.24, 2.45) is 0 Å². The number of pyridine rings is 1. The van der Waals surface area contributed by atoms with Crippen LogP contribution in [-0.4, -0.2) is 53.3 Å². The van der Waals surface area contributed by atoms with Gasteiger partial charge in [0.1, 0.15) is 17.0 Å². The van der Waals surface area contributed by atoms with E-state index in [2.05, 4.69) is 26.2 Å². The Bertz CT molecular complexity index is 651. The Balaban J connectivity index is 2.65. The number of likely N-dealkylation sites (N-methyl/N-ethyl adjacent to an activating group) is 1. The number of carbonyl (C=O) groups is 2. The third-order valence-corrected chi connectivity index (χ3v) is 3.54. The van der Waals surface area contributed by atoms with Crippen molar-refractivity contribution in [3.63, 3.8) is 0 Å². The number of halogens is 1. The molecule has 0 aromatic carbocycles. The normalized spacial score (nSPS) is 11.7.